The van der Waals surface area contributed by atoms with Gasteiger partial charge in [0.05, 0.1) is 12.7 Å². The standard InChI is InChI=1S/C14H16O2/c1-3-4-5-6-9-12-10-7-8-11-13(12)14(15)16-2/h7-8,10-11H,5-6,9H2,1-2H3. The van der Waals surface area contributed by atoms with Crippen molar-refractivity contribution in [3.8, 4) is 11.8 Å². The van der Waals surface area contributed by atoms with E-state index in [0.29, 0.717) is 5.56 Å². The first-order chi connectivity index (χ1) is 7.79. The molecule has 84 valence electrons. The summed E-state index contributed by atoms with van der Waals surface area (Å²) in [6.45, 7) is 1.84. The van der Waals surface area contributed by atoms with Crippen LogP contribution in [0.5, 0.6) is 0 Å². The molecule has 0 saturated heterocycles. The molecule has 0 atom stereocenters. The summed E-state index contributed by atoms with van der Waals surface area (Å²) in [4.78, 5) is 11.5. The van der Waals surface area contributed by atoms with Crippen LogP contribution in [-0.4, -0.2) is 13.1 Å². The molecule has 0 N–H and O–H groups in total. The summed E-state index contributed by atoms with van der Waals surface area (Å²) in [5.74, 6) is 5.61. The van der Waals surface area contributed by atoms with Gasteiger partial charge in [-0.3, -0.25) is 0 Å². The Morgan fingerprint density at radius 2 is 2.12 bits per heavy atom. The Bertz CT molecular complexity index is 410. The third kappa shape index (κ3) is 3.43. The third-order valence-electron chi connectivity index (χ3n) is 2.35. The van der Waals surface area contributed by atoms with Gasteiger partial charge in [0, 0.05) is 6.42 Å². The van der Waals surface area contributed by atoms with E-state index in [1.54, 1.807) is 6.07 Å². The second kappa shape index (κ2) is 6.68. The molecule has 0 aliphatic carbocycles. The van der Waals surface area contributed by atoms with Gasteiger partial charge < -0.3 is 4.74 Å². The molecular weight excluding hydrogens is 200 g/mol. The summed E-state index contributed by atoms with van der Waals surface area (Å²) >= 11 is 0. The number of benzene rings is 1. The Morgan fingerprint density at radius 1 is 1.38 bits per heavy atom. The van der Waals surface area contributed by atoms with Gasteiger partial charge in [-0.2, -0.15) is 0 Å². The zero-order chi connectivity index (χ0) is 11.8. The predicted molar refractivity (Wildman–Crippen MR) is 64.2 cm³/mol. The van der Waals surface area contributed by atoms with Gasteiger partial charge in [0.2, 0.25) is 0 Å². The minimum atomic E-state index is -0.267. The normalized spacial score (nSPS) is 9.12. The molecule has 2 nitrogen and oxygen atoms in total. The van der Waals surface area contributed by atoms with Crippen molar-refractivity contribution in [1.29, 1.82) is 0 Å². The van der Waals surface area contributed by atoms with Gasteiger partial charge >= 0.3 is 5.97 Å². The van der Waals surface area contributed by atoms with E-state index in [9.17, 15) is 4.79 Å². The fourth-order valence-electron chi connectivity index (χ4n) is 1.54. The van der Waals surface area contributed by atoms with Crippen LogP contribution < -0.4 is 0 Å². The summed E-state index contributed by atoms with van der Waals surface area (Å²) < 4.78 is 4.74. The van der Waals surface area contributed by atoms with Crippen LogP contribution in [0.4, 0.5) is 0 Å². The van der Waals surface area contributed by atoms with Crippen LogP contribution in [0.1, 0.15) is 35.7 Å². The van der Waals surface area contributed by atoms with E-state index < -0.39 is 0 Å². The lowest BCUT2D eigenvalue weighted by molar-refractivity contribution is 0.0599. The molecule has 0 bridgehead atoms. The molecule has 0 radical (unpaired) electrons. The third-order valence-corrected chi connectivity index (χ3v) is 2.35. The average Bonchev–Trinajstić information content (AvgIpc) is 2.34. The molecule has 0 heterocycles. The van der Waals surface area contributed by atoms with Crippen molar-refractivity contribution in [3.63, 3.8) is 0 Å². The van der Waals surface area contributed by atoms with Gasteiger partial charge in [-0.25, -0.2) is 4.79 Å². The molecule has 0 saturated carbocycles. The SMILES string of the molecule is CC#CCCCc1ccccc1C(=O)OC. The summed E-state index contributed by atoms with van der Waals surface area (Å²) in [6.07, 6.45) is 2.70. The molecule has 0 amide bonds. The van der Waals surface area contributed by atoms with Gasteiger partial charge in [0.25, 0.3) is 0 Å². The van der Waals surface area contributed by atoms with Crippen molar-refractivity contribution >= 4 is 5.97 Å². The number of ether oxygens (including phenoxy) is 1. The zero-order valence-corrected chi connectivity index (χ0v) is 9.75. The molecule has 0 fully saturated rings. The minimum absolute atomic E-state index is 0.267. The molecule has 0 spiro atoms. The number of esters is 1. The second-order valence-electron chi connectivity index (χ2n) is 3.43. The number of carbonyl (C=O) groups excluding carboxylic acids is 1. The van der Waals surface area contributed by atoms with E-state index in [2.05, 4.69) is 11.8 Å². The summed E-state index contributed by atoms with van der Waals surface area (Å²) in [5.41, 5.74) is 1.70. The summed E-state index contributed by atoms with van der Waals surface area (Å²) in [7, 11) is 1.40. The molecule has 0 aliphatic rings. The molecule has 1 rings (SSSR count). The minimum Gasteiger partial charge on any atom is -0.465 e. The van der Waals surface area contributed by atoms with Gasteiger partial charge in [-0.15, -0.1) is 11.8 Å². The first kappa shape index (κ1) is 12.3. The largest absolute Gasteiger partial charge is 0.465 e. The molecule has 0 aliphatic heterocycles. The number of hydrogen-bond donors (Lipinski definition) is 0. The highest BCUT2D eigenvalue weighted by molar-refractivity contribution is 5.90. The van der Waals surface area contributed by atoms with Crippen molar-refractivity contribution in [2.75, 3.05) is 7.11 Å². The van der Waals surface area contributed by atoms with E-state index in [1.165, 1.54) is 7.11 Å². The number of carbonyl (C=O) groups is 1. The van der Waals surface area contributed by atoms with Gasteiger partial charge in [-0.1, -0.05) is 18.2 Å². The molecule has 1 aromatic rings. The van der Waals surface area contributed by atoms with E-state index >= 15 is 0 Å². The lowest BCUT2D eigenvalue weighted by Gasteiger charge is -2.06. The highest BCUT2D eigenvalue weighted by Crippen LogP contribution is 2.12. The molecule has 0 unspecified atom stereocenters. The Morgan fingerprint density at radius 3 is 2.81 bits per heavy atom. The highest BCUT2D eigenvalue weighted by Gasteiger charge is 2.09. The Kier molecular flexibility index (Phi) is 5.15. The Hall–Kier alpha value is -1.75. The molecular formula is C14H16O2. The highest BCUT2D eigenvalue weighted by atomic mass is 16.5. The maximum absolute atomic E-state index is 11.5. The van der Waals surface area contributed by atoms with Crippen LogP contribution in [0.3, 0.4) is 0 Å². The van der Waals surface area contributed by atoms with E-state index in [0.717, 1.165) is 24.8 Å². The lowest BCUT2D eigenvalue weighted by Crippen LogP contribution is -2.05. The van der Waals surface area contributed by atoms with E-state index in [-0.39, 0.29) is 5.97 Å². The molecule has 16 heavy (non-hydrogen) atoms. The zero-order valence-electron chi connectivity index (χ0n) is 9.75. The predicted octanol–water partition coefficient (Wildman–Crippen LogP) is 2.82. The van der Waals surface area contributed by atoms with Crippen molar-refractivity contribution in [2.45, 2.75) is 26.2 Å². The van der Waals surface area contributed by atoms with Crippen molar-refractivity contribution in [3.05, 3.63) is 35.4 Å². The lowest BCUT2D eigenvalue weighted by atomic mass is 10.0. The van der Waals surface area contributed by atoms with E-state index in [4.69, 9.17) is 4.74 Å². The Balaban J connectivity index is 2.70. The number of rotatable bonds is 4. The topological polar surface area (TPSA) is 26.3 Å². The first-order valence-electron chi connectivity index (χ1n) is 5.35. The van der Waals surface area contributed by atoms with E-state index in [1.807, 2.05) is 25.1 Å². The molecule has 0 aromatic heterocycles. The van der Waals surface area contributed by atoms with Crippen molar-refractivity contribution in [1.82, 2.24) is 0 Å². The van der Waals surface area contributed by atoms with Crippen LogP contribution in [0.2, 0.25) is 0 Å². The summed E-state index contributed by atoms with van der Waals surface area (Å²) in [6, 6.07) is 7.55. The quantitative estimate of drug-likeness (QED) is 0.439. The smallest absolute Gasteiger partial charge is 0.338 e. The van der Waals surface area contributed by atoms with Gasteiger partial charge in [-0.05, 0) is 31.4 Å². The van der Waals surface area contributed by atoms with Crippen LogP contribution in [0.25, 0.3) is 0 Å². The summed E-state index contributed by atoms with van der Waals surface area (Å²) in [5, 5.41) is 0. The van der Waals surface area contributed by atoms with Crippen LogP contribution in [0, 0.1) is 11.8 Å². The number of aryl methyl sites for hydroxylation is 1. The van der Waals surface area contributed by atoms with Gasteiger partial charge in [0.15, 0.2) is 0 Å². The number of hydrogen-bond acceptors (Lipinski definition) is 2. The fourth-order valence-corrected chi connectivity index (χ4v) is 1.54. The van der Waals surface area contributed by atoms with Crippen molar-refractivity contribution < 1.29 is 9.53 Å². The number of methoxy groups -OCH3 is 1. The molecule has 1 aromatic carbocycles. The fraction of sp³-hybridized carbons (Fsp3) is 0.357. The maximum Gasteiger partial charge on any atom is 0.338 e. The van der Waals surface area contributed by atoms with Crippen LogP contribution in [0.15, 0.2) is 24.3 Å². The maximum atomic E-state index is 11.5. The molecule has 2 heteroatoms. The second-order valence-corrected chi connectivity index (χ2v) is 3.43. The number of unbranched alkanes of at least 4 members (excludes halogenated alkanes) is 1. The van der Waals surface area contributed by atoms with Crippen molar-refractivity contribution in [2.24, 2.45) is 0 Å². The average molecular weight is 216 g/mol. The van der Waals surface area contributed by atoms with Crippen LogP contribution >= 0.6 is 0 Å². The van der Waals surface area contributed by atoms with Gasteiger partial charge in [0.1, 0.15) is 0 Å². The van der Waals surface area contributed by atoms with Crippen LogP contribution in [-0.2, 0) is 11.2 Å². The monoisotopic (exact) mass is 216 g/mol. The first-order valence-corrected chi connectivity index (χ1v) is 5.35. The Labute approximate surface area is 96.6 Å².